The van der Waals surface area contributed by atoms with E-state index >= 15 is 0 Å². The lowest BCUT2D eigenvalue weighted by molar-refractivity contribution is 0.736. The molecule has 0 bridgehead atoms. The zero-order valence-electron chi connectivity index (χ0n) is 6.43. The van der Waals surface area contributed by atoms with Crippen molar-refractivity contribution in [3.05, 3.63) is 32.7 Å². The van der Waals surface area contributed by atoms with E-state index in [4.69, 9.17) is 11.5 Å². The highest BCUT2D eigenvalue weighted by Gasteiger charge is 2.04. The quantitative estimate of drug-likeness (QED) is 0.878. The van der Waals surface area contributed by atoms with Crippen LogP contribution in [0.5, 0.6) is 0 Å². The fourth-order valence-corrected chi connectivity index (χ4v) is 1.52. The topological polar surface area (TPSA) is 52.0 Å². The van der Waals surface area contributed by atoms with E-state index in [0.29, 0.717) is 6.54 Å². The normalized spacial score (nSPS) is 13.0. The molecule has 1 unspecified atom stereocenters. The van der Waals surface area contributed by atoms with Crippen molar-refractivity contribution in [3.8, 4) is 0 Å². The maximum atomic E-state index is 5.75. The van der Waals surface area contributed by atoms with Crippen molar-refractivity contribution in [2.75, 3.05) is 6.54 Å². The van der Waals surface area contributed by atoms with Gasteiger partial charge in [-0.15, -0.1) is 0 Å². The summed E-state index contributed by atoms with van der Waals surface area (Å²) in [4.78, 5) is 0. The second-order valence-corrected chi connectivity index (χ2v) is 4.22. The summed E-state index contributed by atoms with van der Waals surface area (Å²) in [7, 11) is 0. The molecular weight excluding hydrogens is 284 g/mol. The molecule has 0 aliphatic heterocycles. The summed E-state index contributed by atoms with van der Waals surface area (Å²) in [6.45, 7) is 0.466. The number of benzene rings is 1. The highest BCUT2D eigenvalue weighted by Crippen LogP contribution is 2.25. The zero-order valence-corrected chi connectivity index (χ0v) is 9.60. The number of hydrogen-bond donors (Lipinski definition) is 2. The molecule has 0 aliphatic carbocycles. The zero-order chi connectivity index (χ0) is 9.14. The first-order valence-electron chi connectivity index (χ1n) is 3.55. The molecule has 0 fully saturated rings. The molecule has 66 valence electrons. The van der Waals surface area contributed by atoms with E-state index in [2.05, 4.69) is 31.9 Å². The van der Waals surface area contributed by atoms with E-state index in [1.54, 1.807) is 0 Å². The molecule has 0 heterocycles. The first-order chi connectivity index (χ1) is 5.65. The number of nitrogens with two attached hydrogens (primary N) is 2. The SMILES string of the molecule is NCC(N)c1ccc(Br)c(Br)c1. The lowest BCUT2D eigenvalue weighted by atomic mass is 10.1. The largest absolute Gasteiger partial charge is 0.329 e. The second-order valence-electron chi connectivity index (χ2n) is 2.52. The molecule has 1 aromatic carbocycles. The standard InChI is InChI=1S/C8H10Br2N2/c9-6-2-1-5(3-7(6)10)8(12)4-11/h1-3,8H,4,11-12H2. The Morgan fingerprint density at radius 2 is 1.92 bits per heavy atom. The van der Waals surface area contributed by atoms with Crippen LogP contribution in [-0.4, -0.2) is 6.54 Å². The van der Waals surface area contributed by atoms with Crippen molar-refractivity contribution in [1.29, 1.82) is 0 Å². The van der Waals surface area contributed by atoms with Gasteiger partial charge in [0, 0.05) is 21.5 Å². The van der Waals surface area contributed by atoms with E-state index in [1.165, 1.54) is 0 Å². The molecule has 1 rings (SSSR count). The summed E-state index contributed by atoms with van der Waals surface area (Å²) < 4.78 is 2.03. The third-order valence-electron chi connectivity index (χ3n) is 1.63. The minimum absolute atomic E-state index is 0.0746. The molecule has 0 radical (unpaired) electrons. The molecule has 4 N–H and O–H groups in total. The van der Waals surface area contributed by atoms with Crippen molar-refractivity contribution >= 4 is 31.9 Å². The molecule has 0 aliphatic rings. The van der Waals surface area contributed by atoms with Gasteiger partial charge in [-0.3, -0.25) is 0 Å². The van der Waals surface area contributed by atoms with Gasteiger partial charge in [0.1, 0.15) is 0 Å². The van der Waals surface area contributed by atoms with Crippen molar-refractivity contribution in [3.63, 3.8) is 0 Å². The van der Waals surface area contributed by atoms with Crippen molar-refractivity contribution < 1.29 is 0 Å². The summed E-state index contributed by atoms with van der Waals surface area (Å²) in [5.74, 6) is 0. The van der Waals surface area contributed by atoms with Gasteiger partial charge in [0.25, 0.3) is 0 Å². The second kappa shape index (κ2) is 4.37. The van der Waals surface area contributed by atoms with E-state index in [1.807, 2.05) is 18.2 Å². The monoisotopic (exact) mass is 292 g/mol. The van der Waals surface area contributed by atoms with Crippen molar-refractivity contribution in [2.24, 2.45) is 11.5 Å². The molecule has 0 saturated heterocycles. The molecule has 4 heteroatoms. The van der Waals surface area contributed by atoms with Crippen LogP contribution in [0.1, 0.15) is 11.6 Å². The van der Waals surface area contributed by atoms with Gasteiger partial charge in [-0.2, -0.15) is 0 Å². The summed E-state index contributed by atoms with van der Waals surface area (Å²) in [5, 5.41) is 0. The Labute approximate surface area is 88.6 Å². The lowest BCUT2D eigenvalue weighted by Crippen LogP contribution is -2.20. The van der Waals surface area contributed by atoms with Crippen LogP contribution in [-0.2, 0) is 0 Å². The Bertz CT molecular complexity index is 276. The first kappa shape index (κ1) is 10.2. The van der Waals surface area contributed by atoms with Crippen LogP contribution in [0, 0.1) is 0 Å². The third-order valence-corrected chi connectivity index (χ3v) is 3.51. The summed E-state index contributed by atoms with van der Waals surface area (Å²) in [6.07, 6.45) is 0. The molecule has 0 aromatic heterocycles. The molecule has 1 atom stereocenters. The van der Waals surface area contributed by atoms with Crippen LogP contribution in [0.25, 0.3) is 0 Å². The Balaban J connectivity index is 2.96. The minimum atomic E-state index is -0.0746. The first-order valence-corrected chi connectivity index (χ1v) is 5.14. The summed E-state index contributed by atoms with van der Waals surface area (Å²) >= 11 is 6.78. The lowest BCUT2D eigenvalue weighted by Gasteiger charge is -2.09. The number of hydrogen-bond acceptors (Lipinski definition) is 2. The predicted octanol–water partition coefficient (Wildman–Crippen LogP) is 2.17. The van der Waals surface area contributed by atoms with Crippen LogP contribution in [0.2, 0.25) is 0 Å². The highest BCUT2D eigenvalue weighted by atomic mass is 79.9. The highest BCUT2D eigenvalue weighted by molar-refractivity contribution is 9.13. The van der Waals surface area contributed by atoms with Gasteiger partial charge >= 0.3 is 0 Å². The summed E-state index contributed by atoms with van der Waals surface area (Å²) in [6, 6.07) is 5.82. The Hall–Kier alpha value is 0.1000. The van der Waals surface area contributed by atoms with E-state index in [-0.39, 0.29) is 6.04 Å². The maximum Gasteiger partial charge on any atom is 0.0419 e. The molecular formula is C8H10Br2N2. The van der Waals surface area contributed by atoms with E-state index < -0.39 is 0 Å². The molecule has 0 saturated carbocycles. The van der Waals surface area contributed by atoms with Crippen LogP contribution in [0.15, 0.2) is 27.1 Å². The minimum Gasteiger partial charge on any atom is -0.329 e. The fraction of sp³-hybridized carbons (Fsp3) is 0.250. The van der Waals surface area contributed by atoms with Gasteiger partial charge in [0.15, 0.2) is 0 Å². The molecule has 12 heavy (non-hydrogen) atoms. The van der Waals surface area contributed by atoms with Crippen molar-refractivity contribution in [1.82, 2.24) is 0 Å². The van der Waals surface area contributed by atoms with Gasteiger partial charge in [-0.25, -0.2) is 0 Å². The molecule has 1 aromatic rings. The van der Waals surface area contributed by atoms with E-state index in [0.717, 1.165) is 14.5 Å². The van der Waals surface area contributed by atoms with Gasteiger partial charge < -0.3 is 11.5 Å². The molecule has 2 nitrogen and oxygen atoms in total. The average molecular weight is 294 g/mol. The van der Waals surface area contributed by atoms with Crippen LogP contribution < -0.4 is 11.5 Å². The maximum absolute atomic E-state index is 5.75. The molecule has 0 spiro atoms. The average Bonchev–Trinajstić information content (AvgIpc) is 2.08. The Kier molecular flexibility index (Phi) is 3.71. The smallest absolute Gasteiger partial charge is 0.0419 e. The van der Waals surface area contributed by atoms with Gasteiger partial charge in [-0.05, 0) is 49.6 Å². The van der Waals surface area contributed by atoms with Crippen LogP contribution >= 0.6 is 31.9 Å². The van der Waals surface area contributed by atoms with Crippen LogP contribution in [0.4, 0.5) is 0 Å². The van der Waals surface area contributed by atoms with Crippen molar-refractivity contribution in [2.45, 2.75) is 6.04 Å². The fourth-order valence-electron chi connectivity index (χ4n) is 0.879. The third kappa shape index (κ3) is 2.29. The summed E-state index contributed by atoms with van der Waals surface area (Å²) in [5.41, 5.74) is 12.2. The van der Waals surface area contributed by atoms with Gasteiger partial charge in [0.2, 0.25) is 0 Å². The molecule has 0 amide bonds. The number of halogens is 2. The Morgan fingerprint density at radius 1 is 1.25 bits per heavy atom. The number of rotatable bonds is 2. The van der Waals surface area contributed by atoms with Gasteiger partial charge in [-0.1, -0.05) is 6.07 Å². The Morgan fingerprint density at radius 3 is 2.42 bits per heavy atom. The van der Waals surface area contributed by atoms with Gasteiger partial charge in [0.05, 0.1) is 0 Å². The van der Waals surface area contributed by atoms with Crippen LogP contribution in [0.3, 0.4) is 0 Å². The van der Waals surface area contributed by atoms with E-state index in [9.17, 15) is 0 Å². The predicted molar refractivity (Wildman–Crippen MR) is 57.8 cm³/mol.